The largest absolute Gasteiger partial charge is 0.314 e. The van der Waals surface area contributed by atoms with Crippen molar-refractivity contribution in [2.24, 2.45) is 0 Å². The predicted octanol–water partition coefficient (Wildman–Crippen LogP) is 2.71. The quantitative estimate of drug-likeness (QED) is 0.774. The zero-order valence-electron chi connectivity index (χ0n) is 10.1. The maximum atomic E-state index is 4.40. The fourth-order valence-corrected chi connectivity index (χ4v) is 1.67. The molecule has 1 atom stereocenters. The molecule has 2 heteroatoms. The van der Waals surface area contributed by atoms with Gasteiger partial charge in [0.05, 0.1) is 0 Å². The van der Waals surface area contributed by atoms with Crippen molar-refractivity contribution in [1.29, 1.82) is 0 Å². The zero-order chi connectivity index (χ0) is 11.1. The van der Waals surface area contributed by atoms with Crippen LogP contribution in [-0.2, 0) is 6.42 Å². The number of aromatic nitrogens is 1. The van der Waals surface area contributed by atoms with Crippen LogP contribution in [0.15, 0.2) is 18.3 Å². The van der Waals surface area contributed by atoms with Gasteiger partial charge in [-0.3, -0.25) is 4.98 Å². The Kier molecular flexibility index (Phi) is 5.33. The summed E-state index contributed by atoms with van der Waals surface area (Å²) < 4.78 is 0. The van der Waals surface area contributed by atoms with Crippen molar-refractivity contribution in [2.75, 3.05) is 6.54 Å². The summed E-state index contributed by atoms with van der Waals surface area (Å²) in [5.41, 5.74) is 2.50. The third-order valence-electron chi connectivity index (χ3n) is 2.60. The molecule has 0 radical (unpaired) electrons. The first kappa shape index (κ1) is 12.2. The van der Waals surface area contributed by atoms with Gasteiger partial charge in [0.25, 0.3) is 0 Å². The summed E-state index contributed by atoms with van der Waals surface area (Å²) in [5, 5.41) is 3.55. The molecule has 1 rings (SSSR count). The standard InChI is InChI=1S/C13H22N2/c1-4-7-14-12(5-2)10-13-9-11(3)6-8-15-13/h6,8-9,12,14H,4-5,7,10H2,1-3H3. The Morgan fingerprint density at radius 1 is 1.40 bits per heavy atom. The fraction of sp³-hybridized carbons (Fsp3) is 0.615. The number of hydrogen-bond acceptors (Lipinski definition) is 2. The average Bonchev–Trinajstić information content (AvgIpc) is 2.24. The molecule has 0 saturated carbocycles. The summed E-state index contributed by atoms with van der Waals surface area (Å²) in [7, 11) is 0. The van der Waals surface area contributed by atoms with Gasteiger partial charge in [0.1, 0.15) is 0 Å². The lowest BCUT2D eigenvalue weighted by atomic mass is 10.1. The van der Waals surface area contributed by atoms with Crippen molar-refractivity contribution < 1.29 is 0 Å². The molecule has 0 aliphatic rings. The van der Waals surface area contributed by atoms with Crippen LogP contribution in [0.2, 0.25) is 0 Å². The Hall–Kier alpha value is -0.890. The van der Waals surface area contributed by atoms with Crippen LogP contribution in [0.1, 0.15) is 37.9 Å². The van der Waals surface area contributed by atoms with Crippen LogP contribution >= 0.6 is 0 Å². The third kappa shape index (κ3) is 4.43. The number of rotatable bonds is 6. The number of aryl methyl sites for hydroxylation is 1. The van der Waals surface area contributed by atoms with E-state index in [1.807, 2.05) is 12.3 Å². The smallest absolute Gasteiger partial charge is 0.0421 e. The first-order valence-corrected chi connectivity index (χ1v) is 5.91. The van der Waals surface area contributed by atoms with E-state index in [0.29, 0.717) is 6.04 Å². The minimum absolute atomic E-state index is 0.569. The van der Waals surface area contributed by atoms with E-state index in [2.05, 4.69) is 37.1 Å². The Bertz CT molecular complexity index is 284. The molecule has 0 spiro atoms. The zero-order valence-corrected chi connectivity index (χ0v) is 10.1. The summed E-state index contributed by atoms with van der Waals surface area (Å²) in [6, 6.07) is 4.79. The second kappa shape index (κ2) is 6.57. The highest BCUT2D eigenvalue weighted by atomic mass is 14.9. The molecule has 0 aliphatic heterocycles. The van der Waals surface area contributed by atoms with Crippen LogP contribution in [0, 0.1) is 6.92 Å². The van der Waals surface area contributed by atoms with Crippen LogP contribution in [0.5, 0.6) is 0 Å². The second-order valence-electron chi connectivity index (χ2n) is 4.09. The highest BCUT2D eigenvalue weighted by Crippen LogP contribution is 2.05. The topological polar surface area (TPSA) is 24.9 Å². The Morgan fingerprint density at radius 2 is 2.20 bits per heavy atom. The van der Waals surface area contributed by atoms with E-state index in [-0.39, 0.29) is 0 Å². The molecular formula is C13H22N2. The SMILES string of the molecule is CCCNC(CC)Cc1cc(C)ccn1. The van der Waals surface area contributed by atoms with Gasteiger partial charge < -0.3 is 5.32 Å². The number of hydrogen-bond donors (Lipinski definition) is 1. The third-order valence-corrected chi connectivity index (χ3v) is 2.60. The molecule has 2 nitrogen and oxygen atoms in total. The molecule has 1 aromatic heterocycles. The lowest BCUT2D eigenvalue weighted by Crippen LogP contribution is -2.31. The monoisotopic (exact) mass is 206 g/mol. The molecular weight excluding hydrogens is 184 g/mol. The van der Waals surface area contributed by atoms with Gasteiger partial charge in [0.2, 0.25) is 0 Å². The highest BCUT2D eigenvalue weighted by Gasteiger charge is 2.06. The summed E-state index contributed by atoms with van der Waals surface area (Å²) in [6.45, 7) is 7.64. The van der Waals surface area contributed by atoms with Crippen molar-refractivity contribution >= 4 is 0 Å². The van der Waals surface area contributed by atoms with Crippen LogP contribution in [0.25, 0.3) is 0 Å². The number of nitrogens with zero attached hydrogens (tertiary/aromatic N) is 1. The summed E-state index contributed by atoms with van der Waals surface area (Å²) >= 11 is 0. The lowest BCUT2D eigenvalue weighted by molar-refractivity contribution is 0.490. The Labute approximate surface area is 93.1 Å². The average molecular weight is 206 g/mol. The molecule has 0 fully saturated rings. The van der Waals surface area contributed by atoms with E-state index in [1.165, 1.54) is 17.7 Å². The van der Waals surface area contributed by atoms with Crippen LogP contribution < -0.4 is 5.32 Å². The number of nitrogens with one attached hydrogen (secondary N) is 1. The van der Waals surface area contributed by atoms with Gasteiger partial charge in [-0.15, -0.1) is 0 Å². The van der Waals surface area contributed by atoms with E-state index >= 15 is 0 Å². The minimum atomic E-state index is 0.569. The van der Waals surface area contributed by atoms with Gasteiger partial charge in [-0.2, -0.15) is 0 Å². The van der Waals surface area contributed by atoms with E-state index in [0.717, 1.165) is 19.4 Å². The first-order chi connectivity index (χ1) is 7.26. The van der Waals surface area contributed by atoms with Gasteiger partial charge in [0, 0.05) is 24.4 Å². The minimum Gasteiger partial charge on any atom is -0.314 e. The van der Waals surface area contributed by atoms with Crippen molar-refractivity contribution in [3.8, 4) is 0 Å². The summed E-state index contributed by atoms with van der Waals surface area (Å²) in [5.74, 6) is 0. The molecule has 84 valence electrons. The van der Waals surface area contributed by atoms with E-state index in [1.54, 1.807) is 0 Å². The molecule has 0 saturated heterocycles. The van der Waals surface area contributed by atoms with Crippen LogP contribution in [-0.4, -0.2) is 17.6 Å². The molecule has 1 heterocycles. The normalized spacial score (nSPS) is 12.7. The van der Waals surface area contributed by atoms with Crippen LogP contribution in [0.3, 0.4) is 0 Å². The Morgan fingerprint density at radius 3 is 2.80 bits per heavy atom. The predicted molar refractivity (Wildman–Crippen MR) is 65.1 cm³/mol. The molecule has 0 bridgehead atoms. The fourth-order valence-electron chi connectivity index (χ4n) is 1.67. The maximum Gasteiger partial charge on any atom is 0.0421 e. The van der Waals surface area contributed by atoms with E-state index < -0.39 is 0 Å². The molecule has 1 N–H and O–H groups in total. The van der Waals surface area contributed by atoms with Gasteiger partial charge in [-0.05, 0) is 44.0 Å². The summed E-state index contributed by atoms with van der Waals surface area (Å²) in [6.07, 6.45) is 5.29. The molecule has 0 aliphatic carbocycles. The van der Waals surface area contributed by atoms with Crippen LogP contribution in [0.4, 0.5) is 0 Å². The molecule has 0 aromatic carbocycles. The van der Waals surface area contributed by atoms with Gasteiger partial charge in [-0.1, -0.05) is 13.8 Å². The second-order valence-corrected chi connectivity index (χ2v) is 4.09. The molecule has 1 unspecified atom stereocenters. The highest BCUT2D eigenvalue weighted by molar-refractivity contribution is 5.15. The van der Waals surface area contributed by atoms with E-state index in [9.17, 15) is 0 Å². The van der Waals surface area contributed by atoms with Crippen molar-refractivity contribution in [1.82, 2.24) is 10.3 Å². The van der Waals surface area contributed by atoms with Gasteiger partial charge in [-0.25, -0.2) is 0 Å². The molecule has 1 aromatic rings. The lowest BCUT2D eigenvalue weighted by Gasteiger charge is -2.16. The molecule has 0 amide bonds. The first-order valence-electron chi connectivity index (χ1n) is 5.91. The van der Waals surface area contributed by atoms with E-state index in [4.69, 9.17) is 0 Å². The molecule has 15 heavy (non-hydrogen) atoms. The maximum absolute atomic E-state index is 4.40. The van der Waals surface area contributed by atoms with Crippen molar-refractivity contribution in [2.45, 2.75) is 46.1 Å². The number of pyridine rings is 1. The summed E-state index contributed by atoms with van der Waals surface area (Å²) in [4.78, 5) is 4.40. The van der Waals surface area contributed by atoms with Crippen molar-refractivity contribution in [3.63, 3.8) is 0 Å². The van der Waals surface area contributed by atoms with Gasteiger partial charge >= 0.3 is 0 Å². The van der Waals surface area contributed by atoms with Crippen molar-refractivity contribution in [3.05, 3.63) is 29.6 Å². The Balaban J connectivity index is 2.50. The van der Waals surface area contributed by atoms with Gasteiger partial charge in [0.15, 0.2) is 0 Å².